The van der Waals surface area contributed by atoms with Gasteiger partial charge in [0.2, 0.25) is 15.9 Å². The number of thioether (sulfide) groups is 1. The minimum atomic E-state index is -3.66. The van der Waals surface area contributed by atoms with Gasteiger partial charge in [-0.2, -0.15) is 9.57 Å². The first-order valence-corrected chi connectivity index (χ1v) is 11.3. The van der Waals surface area contributed by atoms with Crippen LogP contribution >= 0.6 is 11.8 Å². The Morgan fingerprint density at radius 1 is 1.33 bits per heavy atom. The van der Waals surface area contributed by atoms with Crippen LogP contribution in [0.25, 0.3) is 11.5 Å². The lowest BCUT2D eigenvalue weighted by Gasteiger charge is -2.26. The molecule has 1 aliphatic rings. The molecule has 3 rings (SSSR count). The number of nitrogens with zero attached hydrogens (tertiary/aromatic N) is 4. The molecule has 0 atom stereocenters. The van der Waals surface area contributed by atoms with Gasteiger partial charge >= 0.3 is 0 Å². The smallest absolute Gasteiger partial charge is 0.277 e. The molecule has 0 aliphatic carbocycles. The minimum absolute atomic E-state index is 0.0927. The molecule has 10 nitrogen and oxygen atoms in total. The van der Waals surface area contributed by atoms with Crippen LogP contribution in [0.4, 0.5) is 0 Å². The molecule has 0 saturated carbocycles. The van der Waals surface area contributed by atoms with Gasteiger partial charge in [-0.25, -0.2) is 8.42 Å². The Kier molecular flexibility index (Phi) is 6.88. The molecule has 0 unspecified atom stereocenters. The average molecular weight is 450 g/mol. The number of morpholine rings is 1. The van der Waals surface area contributed by atoms with Crippen LogP contribution in [0.2, 0.25) is 0 Å². The molecule has 158 valence electrons. The van der Waals surface area contributed by atoms with Crippen LogP contribution in [-0.2, 0) is 19.6 Å². The predicted octanol–water partition coefficient (Wildman–Crippen LogP) is 1.17. The molecule has 0 amide bonds. The Hall–Kier alpha value is -2.72. The number of nitriles is 1. The zero-order valence-electron chi connectivity index (χ0n) is 16.1. The maximum absolute atomic E-state index is 12.8. The number of benzene rings is 1. The number of aromatic nitrogens is 2. The van der Waals surface area contributed by atoms with Gasteiger partial charge in [0.1, 0.15) is 11.6 Å². The van der Waals surface area contributed by atoms with Crippen LogP contribution in [0.5, 0.6) is 0 Å². The second-order valence-corrected chi connectivity index (χ2v) is 9.16. The molecular formula is C18H19N5O5S2. The van der Waals surface area contributed by atoms with Crippen LogP contribution < -0.4 is 5.73 Å². The summed E-state index contributed by atoms with van der Waals surface area (Å²) < 4.78 is 37.8. The number of ketones is 1. The first-order chi connectivity index (χ1) is 14.3. The quantitative estimate of drug-likeness (QED) is 0.370. The van der Waals surface area contributed by atoms with Gasteiger partial charge in [0.25, 0.3) is 5.22 Å². The van der Waals surface area contributed by atoms with Crippen molar-refractivity contribution < 1.29 is 22.4 Å². The topological polar surface area (TPSA) is 152 Å². The molecule has 1 saturated heterocycles. The lowest BCUT2D eigenvalue weighted by Crippen LogP contribution is -2.40. The highest BCUT2D eigenvalue weighted by Gasteiger charge is 2.27. The number of hydrogen-bond acceptors (Lipinski definition) is 10. The Morgan fingerprint density at radius 3 is 2.73 bits per heavy atom. The molecule has 2 N–H and O–H groups in total. The van der Waals surface area contributed by atoms with Crippen molar-refractivity contribution in [2.24, 2.45) is 5.73 Å². The van der Waals surface area contributed by atoms with Crippen LogP contribution in [-0.4, -0.2) is 60.8 Å². The molecule has 0 radical (unpaired) electrons. The summed E-state index contributed by atoms with van der Waals surface area (Å²) in [6, 6.07) is 7.99. The fourth-order valence-electron chi connectivity index (χ4n) is 2.68. The summed E-state index contributed by atoms with van der Waals surface area (Å²) in [6.45, 7) is 2.78. The monoisotopic (exact) mass is 449 g/mol. The van der Waals surface area contributed by atoms with Crippen molar-refractivity contribution in [3.05, 3.63) is 35.5 Å². The second kappa shape index (κ2) is 9.40. The number of allylic oxidation sites excluding steroid dienone is 2. The number of hydrogen-bond donors (Lipinski definition) is 1. The van der Waals surface area contributed by atoms with E-state index in [-0.39, 0.29) is 33.0 Å². The Labute approximate surface area is 177 Å². The maximum atomic E-state index is 12.8. The zero-order chi connectivity index (χ0) is 21.7. The van der Waals surface area contributed by atoms with Crippen molar-refractivity contribution in [1.29, 1.82) is 5.26 Å². The van der Waals surface area contributed by atoms with Crippen molar-refractivity contribution in [2.75, 3.05) is 32.1 Å². The summed E-state index contributed by atoms with van der Waals surface area (Å²) >= 11 is 0.967. The lowest BCUT2D eigenvalue weighted by molar-refractivity contribution is -0.112. The molecule has 1 fully saturated rings. The van der Waals surface area contributed by atoms with Crippen molar-refractivity contribution in [3.63, 3.8) is 0 Å². The van der Waals surface area contributed by atoms with Crippen molar-refractivity contribution >= 4 is 27.6 Å². The molecule has 12 heteroatoms. The number of Topliss-reactive ketones (excluding diaryl/α,β-unsaturated/α-hetero) is 1. The Morgan fingerprint density at radius 2 is 2.07 bits per heavy atom. The van der Waals surface area contributed by atoms with Crippen LogP contribution in [0.1, 0.15) is 6.92 Å². The van der Waals surface area contributed by atoms with Crippen molar-refractivity contribution in [2.45, 2.75) is 17.0 Å². The van der Waals surface area contributed by atoms with Gasteiger partial charge in [-0.05, 0) is 25.1 Å². The van der Waals surface area contributed by atoms with Crippen molar-refractivity contribution in [3.8, 4) is 17.5 Å². The molecule has 1 aliphatic heterocycles. The first kappa shape index (κ1) is 22.0. The molecule has 0 bridgehead atoms. The highest BCUT2D eigenvalue weighted by atomic mass is 32.2. The third-order valence-corrected chi connectivity index (χ3v) is 6.92. The predicted molar refractivity (Wildman–Crippen MR) is 108 cm³/mol. The molecule has 1 aromatic heterocycles. The van der Waals surface area contributed by atoms with Gasteiger partial charge < -0.3 is 14.9 Å². The third-order valence-electron chi connectivity index (χ3n) is 4.21. The summed E-state index contributed by atoms with van der Waals surface area (Å²) in [5, 5.41) is 16.9. The first-order valence-electron chi connectivity index (χ1n) is 8.87. The van der Waals surface area contributed by atoms with E-state index in [1.54, 1.807) is 18.2 Å². The maximum Gasteiger partial charge on any atom is 0.277 e. The Balaban J connectivity index is 1.75. The number of rotatable bonds is 7. The van der Waals surface area contributed by atoms with E-state index in [4.69, 9.17) is 20.1 Å². The second-order valence-electron chi connectivity index (χ2n) is 6.30. The van der Waals surface area contributed by atoms with Gasteiger partial charge in [-0.1, -0.05) is 17.8 Å². The van der Waals surface area contributed by atoms with E-state index in [0.717, 1.165) is 11.8 Å². The molecule has 0 spiro atoms. The van der Waals surface area contributed by atoms with Gasteiger partial charge in [-0.15, -0.1) is 10.2 Å². The summed E-state index contributed by atoms with van der Waals surface area (Å²) in [6.07, 6.45) is 0. The number of carbonyl (C=O) groups excluding carboxylic acids is 1. The fourth-order valence-corrected chi connectivity index (χ4v) is 4.77. The zero-order valence-corrected chi connectivity index (χ0v) is 17.7. The van der Waals surface area contributed by atoms with E-state index in [9.17, 15) is 13.2 Å². The summed E-state index contributed by atoms with van der Waals surface area (Å²) in [4.78, 5) is 12.1. The van der Waals surface area contributed by atoms with E-state index < -0.39 is 15.8 Å². The van der Waals surface area contributed by atoms with Crippen molar-refractivity contribution in [1.82, 2.24) is 14.5 Å². The number of carbonyl (C=O) groups is 1. The fraction of sp³-hybridized carbons (Fsp3) is 0.333. The van der Waals surface area contributed by atoms with Gasteiger partial charge in [0, 0.05) is 24.4 Å². The minimum Gasteiger partial charge on any atom is -0.411 e. The van der Waals surface area contributed by atoms with Gasteiger partial charge in [0.05, 0.1) is 23.9 Å². The SMILES string of the molecule is C/C(N)=C(/C#N)C(=O)CSc1nnc(-c2cccc(S(=O)(=O)N3CCOCC3)c2)o1. The number of nitrogens with two attached hydrogens (primary N) is 1. The highest BCUT2D eigenvalue weighted by molar-refractivity contribution is 7.99. The van der Waals surface area contributed by atoms with E-state index in [2.05, 4.69) is 10.2 Å². The van der Waals surface area contributed by atoms with E-state index in [0.29, 0.717) is 31.9 Å². The normalized spacial score (nSPS) is 16.0. The molecule has 2 aromatic rings. The van der Waals surface area contributed by atoms with Gasteiger partial charge in [-0.3, -0.25) is 4.79 Å². The third kappa shape index (κ3) is 4.88. The molecule has 30 heavy (non-hydrogen) atoms. The Bertz CT molecular complexity index is 1110. The average Bonchev–Trinajstić information content (AvgIpc) is 3.22. The summed E-state index contributed by atoms with van der Waals surface area (Å²) in [5.74, 6) is -0.416. The molecular weight excluding hydrogens is 430 g/mol. The van der Waals surface area contributed by atoms with E-state index in [1.165, 1.54) is 23.4 Å². The lowest BCUT2D eigenvalue weighted by atomic mass is 10.2. The largest absolute Gasteiger partial charge is 0.411 e. The summed E-state index contributed by atoms with van der Waals surface area (Å²) in [7, 11) is -3.66. The van der Waals surface area contributed by atoms with Crippen LogP contribution in [0, 0.1) is 11.3 Å². The highest BCUT2D eigenvalue weighted by Crippen LogP contribution is 2.27. The van der Waals surface area contributed by atoms with E-state index >= 15 is 0 Å². The molecule has 1 aromatic carbocycles. The standard InChI is InChI=1S/C18H19N5O5S2/c1-12(20)15(10-19)16(24)11-29-18-22-21-17(28-18)13-3-2-4-14(9-13)30(25,26)23-5-7-27-8-6-23/h2-4,9H,5-8,11,20H2,1H3/b15-12+. The van der Waals surface area contributed by atoms with Crippen LogP contribution in [0.3, 0.4) is 0 Å². The molecule has 2 heterocycles. The number of sulfonamides is 1. The van der Waals surface area contributed by atoms with Crippen LogP contribution in [0.15, 0.2) is 50.1 Å². The summed E-state index contributed by atoms with van der Waals surface area (Å²) in [5.41, 5.74) is 5.99. The van der Waals surface area contributed by atoms with Gasteiger partial charge in [0.15, 0.2) is 5.78 Å². The number of ether oxygens (including phenoxy) is 1. The van der Waals surface area contributed by atoms with E-state index in [1.807, 2.05) is 0 Å².